The number of rotatable bonds is 4. The van der Waals surface area contributed by atoms with Gasteiger partial charge in [-0.05, 0) is 18.2 Å². The molecule has 20 heavy (non-hydrogen) atoms. The van der Waals surface area contributed by atoms with Gasteiger partial charge in [-0.25, -0.2) is 0 Å². The number of nitrogens with one attached hydrogen (secondary N) is 1. The van der Waals surface area contributed by atoms with Crippen molar-refractivity contribution in [3.63, 3.8) is 0 Å². The first-order chi connectivity index (χ1) is 9.50. The minimum Gasteiger partial charge on any atom is -0.502 e. The second-order valence-corrected chi connectivity index (χ2v) is 4.22. The van der Waals surface area contributed by atoms with E-state index in [4.69, 9.17) is 0 Å². The molecule has 0 saturated heterocycles. The van der Waals surface area contributed by atoms with Crippen molar-refractivity contribution >= 4 is 11.6 Å². The van der Waals surface area contributed by atoms with Crippen molar-refractivity contribution in [3.8, 4) is 5.75 Å². The predicted octanol–water partition coefficient (Wildman–Crippen LogP) is 1.57. The fourth-order valence-corrected chi connectivity index (χ4v) is 1.81. The maximum Gasteiger partial charge on any atom is 0.311 e. The molecule has 0 atom stereocenters. The molecule has 0 aliphatic carbocycles. The SMILES string of the molecule is Cn1cccc1CNC(=O)c1cccc([N+](=O)[O-])c1O. The molecule has 0 unspecified atom stereocenters. The Morgan fingerprint density at radius 1 is 1.40 bits per heavy atom. The summed E-state index contributed by atoms with van der Waals surface area (Å²) in [6.07, 6.45) is 1.84. The highest BCUT2D eigenvalue weighted by molar-refractivity contribution is 5.98. The van der Waals surface area contributed by atoms with Crippen molar-refractivity contribution in [2.75, 3.05) is 0 Å². The highest BCUT2D eigenvalue weighted by atomic mass is 16.6. The fourth-order valence-electron chi connectivity index (χ4n) is 1.81. The lowest BCUT2D eigenvalue weighted by atomic mass is 10.1. The Balaban J connectivity index is 2.16. The Kier molecular flexibility index (Phi) is 3.69. The largest absolute Gasteiger partial charge is 0.502 e. The number of para-hydroxylation sites is 1. The summed E-state index contributed by atoms with van der Waals surface area (Å²) in [5.41, 5.74) is 0.271. The summed E-state index contributed by atoms with van der Waals surface area (Å²) in [5, 5.41) is 23.0. The van der Waals surface area contributed by atoms with Crippen LogP contribution in [-0.4, -0.2) is 20.5 Å². The number of aryl methyl sites for hydroxylation is 1. The van der Waals surface area contributed by atoms with Gasteiger partial charge < -0.3 is 15.0 Å². The second-order valence-electron chi connectivity index (χ2n) is 4.22. The molecule has 0 fully saturated rings. The van der Waals surface area contributed by atoms with E-state index in [0.717, 1.165) is 11.8 Å². The Bertz CT molecular complexity index is 663. The number of nitro groups is 1. The quantitative estimate of drug-likeness (QED) is 0.653. The van der Waals surface area contributed by atoms with Gasteiger partial charge in [-0.3, -0.25) is 14.9 Å². The van der Waals surface area contributed by atoms with E-state index >= 15 is 0 Å². The van der Waals surface area contributed by atoms with Gasteiger partial charge in [-0.15, -0.1) is 0 Å². The van der Waals surface area contributed by atoms with Crippen LogP contribution in [0.25, 0.3) is 0 Å². The summed E-state index contributed by atoms with van der Waals surface area (Å²) in [5.74, 6) is -1.19. The summed E-state index contributed by atoms with van der Waals surface area (Å²) < 4.78 is 1.84. The Morgan fingerprint density at radius 2 is 2.15 bits per heavy atom. The molecular formula is C13H13N3O4. The van der Waals surface area contributed by atoms with Crippen LogP contribution >= 0.6 is 0 Å². The van der Waals surface area contributed by atoms with Crippen molar-refractivity contribution in [2.24, 2.45) is 7.05 Å². The van der Waals surface area contributed by atoms with Crippen molar-refractivity contribution < 1.29 is 14.8 Å². The van der Waals surface area contributed by atoms with E-state index < -0.39 is 22.3 Å². The molecule has 0 spiro atoms. The van der Waals surface area contributed by atoms with Gasteiger partial charge in [0.25, 0.3) is 5.91 Å². The first-order valence-corrected chi connectivity index (χ1v) is 5.85. The summed E-state index contributed by atoms with van der Waals surface area (Å²) in [6.45, 7) is 0.268. The first-order valence-electron chi connectivity index (χ1n) is 5.85. The Morgan fingerprint density at radius 3 is 2.75 bits per heavy atom. The topological polar surface area (TPSA) is 97.4 Å². The summed E-state index contributed by atoms with van der Waals surface area (Å²) in [7, 11) is 1.84. The van der Waals surface area contributed by atoms with Gasteiger partial charge in [-0.2, -0.15) is 0 Å². The van der Waals surface area contributed by atoms with E-state index in [2.05, 4.69) is 5.32 Å². The maximum atomic E-state index is 11.9. The minimum atomic E-state index is -0.733. The van der Waals surface area contributed by atoms with Gasteiger partial charge in [0.2, 0.25) is 5.75 Å². The highest BCUT2D eigenvalue weighted by Gasteiger charge is 2.20. The van der Waals surface area contributed by atoms with Gasteiger partial charge in [0.15, 0.2) is 0 Å². The smallest absolute Gasteiger partial charge is 0.311 e. The van der Waals surface area contributed by atoms with E-state index in [1.807, 2.05) is 29.9 Å². The minimum absolute atomic E-state index is 0.117. The number of nitrogens with zero attached hydrogens (tertiary/aromatic N) is 2. The number of phenols is 1. The molecule has 1 aromatic heterocycles. The fraction of sp³-hybridized carbons (Fsp3) is 0.154. The molecule has 0 aliphatic heterocycles. The molecular weight excluding hydrogens is 262 g/mol. The van der Waals surface area contributed by atoms with Crippen molar-refractivity contribution in [2.45, 2.75) is 6.54 Å². The molecule has 1 heterocycles. The highest BCUT2D eigenvalue weighted by Crippen LogP contribution is 2.29. The van der Waals surface area contributed by atoms with Crippen LogP contribution in [0.15, 0.2) is 36.5 Å². The Hall–Kier alpha value is -2.83. The third-order valence-corrected chi connectivity index (χ3v) is 2.94. The normalized spacial score (nSPS) is 10.2. The van der Waals surface area contributed by atoms with Crippen LogP contribution < -0.4 is 5.32 Å². The van der Waals surface area contributed by atoms with Crippen LogP contribution in [0.4, 0.5) is 5.69 Å². The van der Waals surface area contributed by atoms with Crippen LogP contribution in [0, 0.1) is 10.1 Å². The van der Waals surface area contributed by atoms with E-state index in [0.29, 0.717) is 0 Å². The second kappa shape index (κ2) is 5.43. The number of benzene rings is 1. The number of nitro benzene ring substituents is 1. The molecule has 2 aromatic rings. The zero-order valence-corrected chi connectivity index (χ0v) is 10.7. The Labute approximate surface area is 114 Å². The predicted molar refractivity (Wildman–Crippen MR) is 71.3 cm³/mol. The van der Waals surface area contributed by atoms with E-state index in [1.54, 1.807) is 0 Å². The van der Waals surface area contributed by atoms with Crippen LogP contribution in [0.5, 0.6) is 5.75 Å². The van der Waals surface area contributed by atoms with Gasteiger partial charge in [0.05, 0.1) is 17.0 Å². The van der Waals surface area contributed by atoms with E-state index in [-0.39, 0.29) is 12.1 Å². The zero-order valence-electron chi connectivity index (χ0n) is 10.7. The molecule has 0 saturated carbocycles. The molecule has 104 valence electrons. The number of aromatic nitrogens is 1. The zero-order chi connectivity index (χ0) is 14.7. The van der Waals surface area contributed by atoms with Crippen molar-refractivity contribution in [1.82, 2.24) is 9.88 Å². The van der Waals surface area contributed by atoms with Gasteiger partial charge in [0, 0.05) is 25.0 Å². The van der Waals surface area contributed by atoms with E-state index in [9.17, 15) is 20.0 Å². The molecule has 7 nitrogen and oxygen atoms in total. The monoisotopic (exact) mass is 275 g/mol. The summed E-state index contributed by atoms with van der Waals surface area (Å²) >= 11 is 0. The molecule has 2 N–H and O–H groups in total. The van der Waals surface area contributed by atoms with Crippen LogP contribution in [0.3, 0.4) is 0 Å². The number of hydrogen-bond acceptors (Lipinski definition) is 4. The lowest BCUT2D eigenvalue weighted by molar-refractivity contribution is -0.385. The molecule has 1 amide bonds. The number of carbonyl (C=O) groups excluding carboxylic acids is 1. The maximum absolute atomic E-state index is 11.9. The van der Waals surface area contributed by atoms with E-state index in [1.165, 1.54) is 12.1 Å². The van der Waals surface area contributed by atoms with Crippen LogP contribution in [-0.2, 0) is 13.6 Å². The standard InChI is InChI=1S/C13H13N3O4/c1-15-7-3-4-9(15)8-14-13(18)10-5-2-6-11(12(10)17)16(19)20/h2-7,17H,8H2,1H3,(H,14,18). The number of carbonyl (C=O) groups is 1. The average Bonchev–Trinajstić information content (AvgIpc) is 2.81. The van der Waals surface area contributed by atoms with Gasteiger partial charge in [-0.1, -0.05) is 6.07 Å². The molecule has 1 aromatic carbocycles. The van der Waals surface area contributed by atoms with Crippen LogP contribution in [0.1, 0.15) is 16.1 Å². The summed E-state index contributed by atoms with van der Waals surface area (Å²) in [4.78, 5) is 21.9. The number of phenolic OH excluding ortho intramolecular Hbond substituents is 1. The van der Waals surface area contributed by atoms with Crippen LogP contribution in [0.2, 0.25) is 0 Å². The lowest BCUT2D eigenvalue weighted by Crippen LogP contribution is -2.24. The lowest BCUT2D eigenvalue weighted by Gasteiger charge is -2.07. The molecule has 2 rings (SSSR count). The average molecular weight is 275 g/mol. The van der Waals surface area contributed by atoms with Gasteiger partial charge >= 0.3 is 5.69 Å². The molecule has 7 heteroatoms. The third-order valence-electron chi connectivity index (χ3n) is 2.94. The number of amides is 1. The number of hydrogen-bond donors (Lipinski definition) is 2. The number of aromatic hydroxyl groups is 1. The molecule has 0 aliphatic rings. The first kappa shape index (κ1) is 13.6. The molecule has 0 radical (unpaired) electrons. The summed E-state index contributed by atoms with van der Waals surface area (Å²) in [6, 6.07) is 7.52. The third kappa shape index (κ3) is 2.61. The van der Waals surface area contributed by atoms with Crippen molar-refractivity contribution in [3.05, 3.63) is 57.9 Å². The molecule has 0 bridgehead atoms. The van der Waals surface area contributed by atoms with Gasteiger partial charge in [0.1, 0.15) is 0 Å². The van der Waals surface area contributed by atoms with Crippen molar-refractivity contribution in [1.29, 1.82) is 0 Å².